The summed E-state index contributed by atoms with van der Waals surface area (Å²) in [5.74, 6) is -0.931. The summed E-state index contributed by atoms with van der Waals surface area (Å²) in [5.41, 5.74) is 0. The van der Waals surface area contributed by atoms with Crippen LogP contribution in [0.5, 0.6) is 0 Å². The van der Waals surface area contributed by atoms with Crippen LogP contribution in [0.1, 0.15) is 38.5 Å². The van der Waals surface area contributed by atoms with Gasteiger partial charge in [-0.1, -0.05) is 6.42 Å². The van der Waals surface area contributed by atoms with Crippen LogP contribution in [0.4, 0.5) is 0 Å². The van der Waals surface area contributed by atoms with Gasteiger partial charge in [0.05, 0.1) is 11.7 Å². The summed E-state index contributed by atoms with van der Waals surface area (Å²) < 4.78 is 31.9. The number of carbonyl (C=O) groups is 1. The van der Waals surface area contributed by atoms with Crippen LogP contribution in [0.3, 0.4) is 0 Å². The van der Waals surface area contributed by atoms with Gasteiger partial charge in [0.1, 0.15) is 0 Å². The van der Waals surface area contributed by atoms with Crippen LogP contribution in [0.2, 0.25) is 0 Å². The quantitative estimate of drug-likeness (QED) is 0.829. The molecule has 110 valence electrons. The molecule has 0 bridgehead atoms. The molecule has 1 unspecified atom stereocenters. The Morgan fingerprint density at radius 3 is 2.53 bits per heavy atom. The molecular formula is C12H21NO5S. The van der Waals surface area contributed by atoms with Gasteiger partial charge in [-0.25, -0.2) is 8.42 Å². The van der Waals surface area contributed by atoms with Crippen molar-refractivity contribution in [1.82, 2.24) is 4.31 Å². The van der Waals surface area contributed by atoms with Crippen molar-refractivity contribution < 1.29 is 23.1 Å². The molecule has 2 rings (SSSR count). The minimum atomic E-state index is -3.39. The molecule has 19 heavy (non-hydrogen) atoms. The number of carboxylic acids is 1. The molecule has 2 heterocycles. The van der Waals surface area contributed by atoms with Gasteiger partial charge >= 0.3 is 5.97 Å². The number of aliphatic carboxylic acids is 1. The smallest absolute Gasteiger partial charge is 0.304 e. The number of nitrogens with zero attached hydrogens (tertiary/aromatic N) is 1. The Hall–Kier alpha value is -0.660. The van der Waals surface area contributed by atoms with Crippen molar-refractivity contribution in [3.05, 3.63) is 0 Å². The number of ether oxygens (including phenoxy) is 1. The Morgan fingerprint density at radius 2 is 1.89 bits per heavy atom. The standard InChI is InChI=1S/C12H21NO5S/c14-12(15)9-10-3-1-2-6-13(10)19(16,17)11-4-7-18-8-5-11/h10-11H,1-9H2,(H,14,15). The van der Waals surface area contributed by atoms with Crippen molar-refractivity contribution in [1.29, 1.82) is 0 Å². The van der Waals surface area contributed by atoms with E-state index in [0.29, 0.717) is 39.0 Å². The SMILES string of the molecule is O=C(O)CC1CCCCN1S(=O)(=O)C1CCOCC1. The summed E-state index contributed by atoms with van der Waals surface area (Å²) in [7, 11) is -3.39. The van der Waals surface area contributed by atoms with Crippen LogP contribution in [0.15, 0.2) is 0 Å². The minimum Gasteiger partial charge on any atom is -0.481 e. The van der Waals surface area contributed by atoms with E-state index < -0.39 is 21.2 Å². The van der Waals surface area contributed by atoms with Gasteiger partial charge in [0.15, 0.2) is 0 Å². The van der Waals surface area contributed by atoms with Gasteiger partial charge in [-0.05, 0) is 25.7 Å². The molecule has 0 spiro atoms. The maximum absolute atomic E-state index is 12.6. The molecule has 2 aliphatic heterocycles. The summed E-state index contributed by atoms with van der Waals surface area (Å²) >= 11 is 0. The number of piperidine rings is 1. The highest BCUT2D eigenvalue weighted by Crippen LogP contribution is 2.28. The van der Waals surface area contributed by atoms with E-state index in [4.69, 9.17) is 9.84 Å². The first-order valence-electron chi connectivity index (χ1n) is 6.82. The van der Waals surface area contributed by atoms with E-state index in [1.165, 1.54) is 4.31 Å². The van der Waals surface area contributed by atoms with Gasteiger partial charge < -0.3 is 9.84 Å². The molecule has 0 aliphatic carbocycles. The Kier molecular flexibility index (Phi) is 4.81. The van der Waals surface area contributed by atoms with Crippen molar-refractivity contribution >= 4 is 16.0 Å². The van der Waals surface area contributed by atoms with Crippen molar-refractivity contribution in [3.63, 3.8) is 0 Å². The van der Waals surface area contributed by atoms with Gasteiger partial charge in [-0.15, -0.1) is 0 Å². The lowest BCUT2D eigenvalue weighted by Gasteiger charge is -2.37. The molecule has 1 atom stereocenters. The highest BCUT2D eigenvalue weighted by atomic mass is 32.2. The Morgan fingerprint density at radius 1 is 1.21 bits per heavy atom. The number of rotatable bonds is 4. The number of carboxylic acid groups (broad SMARTS) is 1. The largest absolute Gasteiger partial charge is 0.481 e. The van der Waals surface area contributed by atoms with Crippen molar-refractivity contribution in [3.8, 4) is 0 Å². The normalized spacial score (nSPS) is 27.3. The molecule has 0 aromatic heterocycles. The molecule has 0 radical (unpaired) electrons. The molecule has 7 heteroatoms. The Bertz CT molecular complexity index is 416. The zero-order valence-electron chi connectivity index (χ0n) is 11.0. The third kappa shape index (κ3) is 3.46. The topological polar surface area (TPSA) is 83.9 Å². The molecule has 0 saturated carbocycles. The lowest BCUT2D eigenvalue weighted by atomic mass is 10.0. The zero-order valence-corrected chi connectivity index (χ0v) is 11.8. The summed E-state index contributed by atoms with van der Waals surface area (Å²) in [6, 6.07) is -0.376. The van der Waals surface area contributed by atoms with Gasteiger partial charge in [0.2, 0.25) is 10.0 Å². The molecule has 2 aliphatic rings. The van der Waals surface area contributed by atoms with Crippen LogP contribution in [0.25, 0.3) is 0 Å². The van der Waals surface area contributed by atoms with E-state index in [2.05, 4.69) is 0 Å². The van der Waals surface area contributed by atoms with E-state index in [0.717, 1.165) is 12.8 Å². The van der Waals surface area contributed by atoms with E-state index >= 15 is 0 Å². The fourth-order valence-corrected chi connectivity index (χ4v) is 5.03. The van der Waals surface area contributed by atoms with Crippen LogP contribution in [-0.4, -0.2) is 54.8 Å². The molecule has 2 saturated heterocycles. The average molecular weight is 291 g/mol. The van der Waals surface area contributed by atoms with Crippen LogP contribution < -0.4 is 0 Å². The molecule has 0 amide bonds. The van der Waals surface area contributed by atoms with Crippen LogP contribution >= 0.6 is 0 Å². The highest BCUT2D eigenvalue weighted by molar-refractivity contribution is 7.89. The lowest BCUT2D eigenvalue weighted by molar-refractivity contribution is -0.138. The van der Waals surface area contributed by atoms with Crippen molar-refractivity contribution in [2.24, 2.45) is 0 Å². The molecule has 0 aromatic rings. The second-order valence-corrected chi connectivity index (χ2v) is 7.38. The number of hydrogen-bond acceptors (Lipinski definition) is 4. The lowest BCUT2D eigenvalue weighted by Crippen LogP contribution is -2.49. The van der Waals surface area contributed by atoms with Crippen LogP contribution in [-0.2, 0) is 19.6 Å². The summed E-state index contributed by atoms with van der Waals surface area (Å²) in [5, 5.41) is 8.51. The zero-order chi connectivity index (χ0) is 13.9. The van der Waals surface area contributed by atoms with Crippen LogP contribution in [0, 0.1) is 0 Å². The molecular weight excluding hydrogens is 270 g/mol. The first kappa shape index (κ1) is 14.7. The van der Waals surface area contributed by atoms with Gasteiger partial charge in [-0.2, -0.15) is 4.31 Å². The number of hydrogen-bond donors (Lipinski definition) is 1. The summed E-state index contributed by atoms with van der Waals surface area (Å²) in [6.45, 7) is 1.40. The van der Waals surface area contributed by atoms with E-state index in [-0.39, 0.29) is 12.5 Å². The fraction of sp³-hybridized carbons (Fsp3) is 0.917. The van der Waals surface area contributed by atoms with Crippen molar-refractivity contribution in [2.75, 3.05) is 19.8 Å². The Labute approximate surface area is 113 Å². The third-order valence-electron chi connectivity index (χ3n) is 3.90. The van der Waals surface area contributed by atoms with Crippen molar-refractivity contribution in [2.45, 2.75) is 49.8 Å². The molecule has 6 nitrogen and oxygen atoms in total. The monoisotopic (exact) mass is 291 g/mol. The highest BCUT2D eigenvalue weighted by Gasteiger charge is 2.39. The predicted octanol–water partition coefficient (Wildman–Crippen LogP) is 0.824. The maximum atomic E-state index is 12.6. The average Bonchev–Trinajstić information content (AvgIpc) is 2.39. The minimum absolute atomic E-state index is 0.0948. The Balaban J connectivity index is 2.13. The van der Waals surface area contributed by atoms with E-state index in [1.807, 2.05) is 0 Å². The summed E-state index contributed by atoms with van der Waals surface area (Å²) in [6.07, 6.45) is 3.30. The number of sulfonamides is 1. The first-order valence-corrected chi connectivity index (χ1v) is 8.32. The second-order valence-electron chi connectivity index (χ2n) is 5.21. The van der Waals surface area contributed by atoms with E-state index in [9.17, 15) is 13.2 Å². The van der Waals surface area contributed by atoms with E-state index in [1.54, 1.807) is 0 Å². The predicted molar refractivity (Wildman–Crippen MR) is 69.4 cm³/mol. The molecule has 2 fully saturated rings. The maximum Gasteiger partial charge on any atom is 0.304 e. The summed E-state index contributed by atoms with van der Waals surface area (Å²) in [4.78, 5) is 10.9. The fourth-order valence-electron chi connectivity index (χ4n) is 2.88. The third-order valence-corrected chi connectivity index (χ3v) is 6.35. The van der Waals surface area contributed by atoms with Gasteiger partial charge in [0, 0.05) is 25.8 Å². The molecule has 0 aromatic carbocycles. The van der Waals surface area contributed by atoms with Gasteiger partial charge in [-0.3, -0.25) is 4.79 Å². The first-order chi connectivity index (χ1) is 9.01. The van der Waals surface area contributed by atoms with Gasteiger partial charge in [0.25, 0.3) is 0 Å². The molecule has 1 N–H and O–H groups in total. The second kappa shape index (κ2) is 6.19.